The lowest BCUT2D eigenvalue weighted by Crippen LogP contribution is -2.03. The van der Waals surface area contributed by atoms with Crippen LogP contribution in [0.3, 0.4) is 0 Å². The van der Waals surface area contributed by atoms with E-state index >= 15 is 0 Å². The number of hydrazone groups is 1. The largest absolute Gasteiger partial charge is 0.278 e. The number of anilines is 1. The van der Waals surface area contributed by atoms with Crippen LogP contribution in [0.25, 0.3) is 0 Å². The van der Waals surface area contributed by atoms with Gasteiger partial charge in [0, 0.05) is 17.7 Å². The van der Waals surface area contributed by atoms with Crippen LogP contribution in [0, 0.1) is 21.7 Å². The van der Waals surface area contributed by atoms with Crippen LogP contribution >= 0.6 is 0 Å². The van der Waals surface area contributed by atoms with Crippen molar-refractivity contribution in [1.82, 2.24) is 0 Å². The molecule has 2 rings (SSSR count). The van der Waals surface area contributed by atoms with E-state index in [9.17, 15) is 18.9 Å². The number of hydrogen-bond donors (Lipinski definition) is 1. The Morgan fingerprint density at radius 2 is 2.00 bits per heavy atom. The second-order valence-electron chi connectivity index (χ2n) is 4.24. The topological polar surface area (TPSA) is 67.5 Å². The molecule has 5 nitrogen and oxygen atoms in total. The van der Waals surface area contributed by atoms with Crippen molar-refractivity contribution in [3.8, 4) is 0 Å². The molecule has 0 fully saturated rings. The predicted octanol–water partition coefficient (Wildman–Crippen LogP) is 3.71. The number of benzene rings is 2. The molecular weight excluding hydrogens is 280 g/mol. The Labute approximate surface area is 119 Å². The van der Waals surface area contributed by atoms with Crippen molar-refractivity contribution in [2.24, 2.45) is 5.10 Å². The number of hydrogen-bond acceptors (Lipinski definition) is 4. The molecule has 0 aliphatic carbocycles. The van der Waals surface area contributed by atoms with Crippen LogP contribution in [0.5, 0.6) is 0 Å². The van der Waals surface area contributed by atoms with Gasteiger partial charge in [-0.05, 0) is 31.2 Å². The molecule has 0 bridgehead atoms. The molecule has 0 unspecified atom stereocenters. The standard InChI is InChI=1S/C14H11F2N3O2/c1-9(13-7-10(15)5-6-14(13)16)17-18-11-3-2-4-12(8-11)19(20)21/h2-8,18H,1H3/b17-9-. The van der Waals surface area contributed by atoms with E-state index in [-0.39, 0.29) is 17.0 Å². The van der Waals surface area contributed by atoms with Gasteiger partial charge in [-0.25, -0.2) is 8.78 Å². The minimum absolute atomic E-state index is 0.0212. The molecule has 108 valence electrons. The van der Waals surface area contributed by atoms with Crippen LogP contribution < -0.4 is 5.43 Å². The van der Waals surface area contributed by atoms with Gasteiger partial charge in [0.15, 0.2) is 0 Å². The lowest BCUT2D eigenvalue weighted by Gasteiger charge is -2.05. The first kappa shape index (κ1) is 14.6. The summed E-state index contributed by atoms with van der Waals surface area (Å²) in [5, 5.41) is 14.6. The highest BCUT2D eigenvalue weighted by Crippen LogP contribution is 2.17. The number of nitrogens with one attached hydrogen (secondary N) is 1. The molecule has 21 heavy (non-hydrogen) atoms. The minimum atomic E-state index is -0.599. The van der Waals surface area contributed by atoms with Crippen molar-refractivity contribution >= 4 is 17.1 Å². The van der Waals surface area contributed by atoms with Gasteiger partial charge in [0.1, 0.15) is 11.6 Å². The van der Waals surface area contributed by atoms with Gasteiger partial charge in [0.25, 0.3) is 5.69 Å². The number of non-ortho nitro benzene ring substituents is 1. The Bertz CT molecular complexity index is 717. The van der Waals surface area contributed by atoms with Crippen LogP contribution in [0.1, 0.15) is 12.5 Å². The van der Waals surface area contributed by atoms with E-state index in [1.54, 1.807) is 6.07 Å². The highest BCUT2D eigenvalue weighted by atomic mass is 19.1. The van der Waals surface area contributed by atoms with Crippen LogP contribution in [-0.2, 0) is 0 Å². The summed E-state index contributed by atoms with van der Waals surface area (Å²) in [5.41, 5.74) is 3.10. The van der Waals surface area contributed by atoms with Crippen molar-refractivity contribution in [1.29, 1.82) is 0 Å². The molecule has 2 aromatic rings. The molecule has 0 aliphatic heterocycles. The summed E-state index contributed by atoms with van der Waals surface area (Å²) in [5.74, 6) is -1.17. The molecule has 2 aromatic carbocycles. The molecule has 0 heterocycles. The molecule has 0 aliphatic rings. The quantitative estimate of drug-likeness (QED) is 0.530. The van der Waals surface area contributed by atoms with Crippen molar-refractivity contribution in [3.05, 3.63) is 69.8 Å². The van der Waals surface area contributed by atoms with Crippen LogP contribution in [-0.4, -0.2) is 10.6 Å². The van der Waals surface area contributed by atoms with E-state index in [4.69, 9.17) is 0 Å². The average molecular weight is 291 g/mol. The number of nitrogens with zero attached hydrogens (tertiary/aromatic N) is 2. The lowest BCUT2D eigenvalue weighted by atomic mass is 10.1. The molecule has 1 N–H and O–H groups in total. The van der Waals surface area contributed by atoms with Gasteiger partial charge >= 0.3 is 0 Å². The molecule has 0 saturated heterocycles. The van der Waals surface area contributed by atoms with E-state index in [0.717, 1.165) is 18.2 Å². The van der Waals surface area contributed by atoms with Crippen molar-refractivity contribution in [2.45, 2.75) is 6.92 Å². The van der Waals surface area contributed by atoms with Gasteiger partial charge in [0.05, 0.1) is 16.3 Å². The van der Waals surface area contributed by atoms with Crippen molar-refractivity contribution in [3.63, 3.8) is 0 Å². The van der Waals surface area contributed by atoms with Gasteiger partial charge in [-0.15, -0.1) is 0 Å². The monoisotopic (exact) mass is 291 g/mol. The summed E-state index contributed by atoms with van der Waals surface area (Å²) in [4.78, 5) is 10.1. The molecular formula is C14H11F2N3O2. The Morgan fingerprint density at radius 1 is 1.24 bits per heavy atom. The van der Waals surface area contributed by atoms with Gasteiger partial charge in [-0.1, -0.05) is 6.07 Å². The van der Waals surface area contributed by atoms with Crippen molar-refractivity contribution < 1.29 is 13.7 Å². The van der Waals surface area contributed by atoms with Crippen LogP contribution in [0.15, 0.2) is 47.6 Å². The Hall–Kier alpha value is -2.83. The average Bonchev–Trinajstić information content (AvgIpc) is 2.47. The predicted molar refractivity (Wildman–Crippen MR) is 75.3 cm³/mol. The number of halogens is 2. The van der Waals surface area contributed by atoms with Crippen LogP contribution in [0.4, 0.5) is 20.2 Å². The molecule has 0 amide bonds. The summed E-state index contributed by atoms with van der Waals surface area (Å²) in [6, 6.07) is 8.76. The minimum Gasteiger partial charge on any atom is -0.278 e. The third kappa shape index (κ3) is 3.59. The zero-order valence-electron chi connectivity index (χ0n) is 11.0. The zero-order chi connectivity index (χ0) is 15.4. The first-order chi connectivity index (χ1) is 9.97. The fourth-order valence-electron chi connectivity index (χ4n) is 1.67. The van der Waals surface area contributed by atoms with E-state index in [0.29, 0.717) is 5.69 Å². The Kier molecular flexibility index (Phi) is 4.22. The van der Waals surface area contributed by atoms with Gasteiger partial charge < -0.3 is 0 Å². The second-order valence-corrected chi connectivity index (χ2v) is 4.24. The SMILES string of the molecule is C/C(=N/Nc1cccc([N+](=O)[O-])c1)c1cc(F)ccc1F. The second kappa shape index (κ2) is 6.08. The fraction of sp³-hybridized carbons (Fsp3) is 0.0714. The van der Waals surface area contributed by atoms with Gasteiger partial charge in [-0.2, -0.15) is 5.10 Å². The lowest BCUT2D eigenvalue weighted by molar-refractivity contribution is -0.384. The fourth-order valence-corrected chi connectivity index (χ4v) is 1.67. The molecule has 0 atom stereocenters. The normalized spacial score (nSPS) is 11.3. The van der Waals surface area contributed by atoms with E-state index < -0.39 is 16.6 Å². The first-order valence-electron chi connectivity index (χ1n) is 5.97. The maximum Gasteiger partial charge on any atom is 0.271 e. The smallest absolute Gasteiger partial charge is 0.271 e. The maximum atomic E-state index is 13.6. The van der Waals surface area contributed by atoms with Crippen molar-refractivity contribution in [2.75, 3.05) is 5.43 Å². The molecule has 0 radical (unpaired) electrons. The summed E-state index contributed by atoms with van der Waals surface area (Å²) in [7, 11) is 0. The third-order valence-corrected chi connectivity index (χ3v) is 2.73. The number of rotatable bonds is 4. The van der Waals surface area contributed by atoms with Gasteiger partial charge in [-0.3, -0.25) is 15.5 Å². The number of nitro benzene ring substituents is 1. The van der Waals surface area contributed by atoms with Crippen LogP contribution in [0.2, 0.25) is 0 Å². The van der Waals surface area contributed by atoms with E-state index in [1.807, 2.05) is 0 Å². The molecule has 7 heteroatoms. The van der Waals surface area contributed by atoms with E-state index in [2.05, 4.69) is 10.5 Å². The molecule has 0 spiro atoms. The molecule has 0 aromatic heterocycles. The maximum absolute atomic E-state index is 13.6. The number of nitro groups is 1. The summed E-state index contributed by atoms with van der Waals surface area (Å²) in [6.45, 7) is 1.50. The Morgan fingerprint density at radius 3 is 2.71 bits per heavy atom. The third-order valence-electron chi connectivity index (χ3n) is 2.73. The molecule has 0 saturated carbocycles. The Balaban J connectivity index is 2.22. The summed E-state index contributed by atoms with van der Waals surface area (Å²) >= 11 is 0. The first-order valence-corrected chi connectivity index (χ1v) is 5.97. The summed E-state index contributed by atoms with van der Waals surface area (Å²) in [6.07, 6.45) is 0. The highest BCUT2D eigenvalue weighted by Gasteiger charge is 2.08. The zero-order valence-corrected chi connectivity index (χ0v) is 11.0. The summed E-state index contributed by atoms with van der Waals surface area (Å²) < 4.78 is 26.6. The van der Waals surface area contributed by atoms with Gasteiger partial charge in [0.2, 0.25) is 0 Å². The highest BCUT2D eigenvalue weighted by molar-refractivity contribution is 5.99. The van der Waals surface area contributed by atoms with E-state index in [1.165, 1.54) is 25.1 Å².